The van der Waals surface area contributed by atoms with Crippen LogP contribution < -0.4 is 10.2 Å². The standard InChI is InChI=1S/C23H25N3O2/c1-16-7-6-10-18-11-19(13-27)21(25-20(16)18)26-14-23(15-26,22(28)24-2)12-17-8-4-3-5-9-17/h3-11,27H,12-15H2,1-2H3,(H,24,28). The van der Waals surface area contributed by atoms with Crippen molar-refractivity contribution in [1.29, 1.82) is 0 Å². The maximum atomic E-state index is 12.7. The number of fused-ring (bicyclic) bond motifs is 1. The smallest absolute Gasteiger partial charge is 0.229 e. The van der Waals surface area contributed by atoms with Gasteiger partial charge in [-0.3, -0.25) is 4.79 Å². The minimum atomic E-state index is -0.481. The molecule has 5 nitrogen and oxygen atoms in total. The summed E-state index contributed by atoms with van der Waals surface area (Å²) in [5.74, 6) is 0.826. The number of pyridine rings is 1. The molecule has 1 aliphatic rings. The summed E-state index contributed by atoms with van der Waals surface area (Å²) in [6.45, 7) is 3.13. The number of anilines is 1. The van der Waals surface area contributed by atoms with Crippen molar-refractivity contribution >= 4 is 22.6 Å². The van der Waals surface area contributed by atoms with Gasteiger partial charge in [0.25, 0.3) is 0 Å². The number of aryl methyl sites for hydroxylation is 1. The first-order valence-corrected chi connectivity index (χ1v) is 9.57. The summed E-state index contributed by atoms with van der Waals surface area (Å²) in [7, 11) is 1.69. The third kappa shape index (κ3) is 3.12. The number of aliphatic hydroxyl groups excluding tert-OH is 1. The topological polar surface area (TPSA) is 65.5 Å². The van der Waals surface area contributed by atoms with Gasteiger partial charge in [-0.05, 0) is 30.5 Å². The summed E-state index contributed by atoms with van der Waals surface area (Å²) in [5, 5.41) is 13.7. The number of aliphatic hydroxyl groups is 1. The third-order valence-corrected chi connectivity index (χ3v) is 5.65. The van der Waals surface area contributed by atoms with Crippen molar-refractivity contribution in [3.63, 3.8) is 0 Å². The average molecular weight is 375 g/mol. The van der Waals surface area contributed by atoms with Gasteiger partial charge in [-0.25, -0.2) is 4.98 Å². The Bertz CT molecular complexity index is 1010. The van der Waals surface area contributed by atoms with Gasteiger partial charge in [0.05, 0.1) is 17.5 Å². The second-order valence-electron chi connectivity index (χ2n) is 7.65. The molecule has 2 N–H and O–H groups in total. The lowest BCUT2D eigenvalue weighted by Crippen LogP contribution is -2.64. The second kappa shape index (κ2) is 7.24. The van der Waals surface area contributed by atoms with Crippen LogP contribution in [-0.2, 0) is 17.8 Å². The van der Waals surface area contributed by atoms with Crippen LogP contribution in [-0.4, -0.2) is 36.1 Å². The molecule has 2 heterocycles. The molecule has 4 rings (SSSR count). The van der Waals surface area contributed by atoms with E-state index in [0.29, 0.717) is 19.5 Å². The SMILES string of the molecule is CNC(=O)C1(Cc2ccccc2)CN(c2nc3c(C)cccc3cc2CO)C1. The number of benzene rings is 2. The van der Waals surface area contributed by atoms with Gasteiger partial charge in [0, 0.05) is 31.1 Å². The number of rotatable bonds is 5. The van der Waals surface area contributed by atoms with E-state index >= 15 is 0 Å². The van der Waals surface area contributed by atoms with Crippen LogP contribution in [0.5, 0.6) is 0 Å². The molecule has 1 fully saturated rings. The van der Waals surface area contributed by atoms with Crippen LogP contribution in [0, 0.1) is 12.3 Å². The molecule has 0 saturated carbocycles. The predicted octanol–water partition coefficient (Wildman–Crippen LogP) is 2.83. The summed E-state index contributed by atoms with van der Waals surface area (Å²) in [6.07, 6.45) is 0.686. The molecule has 0 bridgehead atoms. The van der Waals surface area contributed by atoms with Gasteiger partial charge in [0.1, 0.15) is 5.82 Å². The van der Waals surface area contributed by atoms with Crippen LogP contribution >= 0.6 is 0 Å². The number of nitrogens with one attached hydrogen (secondary N) is 1. The highest BCUT2D eigenvalue weighted by Gasteiger charge is 2.49. The summed E-state index contributed by atoms with van der Waals surface area (Å²) in [4.78, 5) is 19.7. The number of hydrogen-bond acceptors (Lipinski definition) is 4. The maximum Gasteiger partial charge on any atom is 0.229 e. The van der Waals surface area contributed by atoms with Crippen molar-refractivity contribution < 1.29 is 9.90 Å². The first kappa shape index (κ1) is 18.4. The highest BCUT2D eigenvalue weighted by atomic mass is 16.3. The van der Waals surface area contributed by atoms with Gasteiger partial charge in [-0.1, -0.05) is 48.5 Å². The molecule has 1 amide bonds. The molecule has 0 radical (unpaired) electrons. The van der Waals surface area contributed by atoms with Gasteiger partial charge in [-0.15, -0.1) is 0 Å². The number of carbonyl (C=O) groups excluding carboxylic acids is 1. The molecule has 0 unspecified atom stereocenters. The van der Waals surface area contributed by atoms with Crippen molar-refractivity contribution in [2.24, 2.45) is 5.41 Å². The highest BCUT2D eigenvalue weighted by molar-refractivity contribution is 5.88. The fourth-order valence-electron chi connectivity index (χ4n) is 4.19. The predicted molar refractivity (Wildman–Crippen MR) is 111 cm³/mol. The fourth-order valence-corrected chi connectivity index (χ4v) is 4.19. The molecule has 3 aromatic rings. The van der Waals surface area contributed by atoms with Crippen molar-refractivity contribution in [2.45, 2.75) is 20.0 Å². The molecule has 144 valence electrons. The van der Waals surface area contributed by atoms with Crippen LogP contribution in [0.25, 0.3) is 10.9 Å². The van der Waals surface area contributed by atoms with Gasteiger partial charge >= 0.3 is 0 Å². The average Bonchev–Trinajstić information content (AvgIpc) is 2.70. The molecule has 0 atom stereocenters. The Balaban J connectivity index is 1.66. The highest BCUT2D eigenvalue weighted by Crippen LogP contribution is 2.39. The van der Waals surface area contributed by atoms with Crippen molar-refractivity contribution in [1.82, 2.24) is 10.3 Å². The molecule has 0 aliphatic carbocycles. The first-order chi connectivity index (χ1) is 13.6. The first-order valence-electron chi connectivity index (χ1n) is 9.57. The lowest BCUT2D eigenvalue weighted by molar-refractivity contribution is -0.132. The lowest BCUT2D eigenvalue weighted by Gasteiger charge is -2.50. The summed E-state index contributed by atoms with van der Waals surface area (Å²) in [6, 6.07) is 18.2. The van der Waals surface area contributed by atoms with Crippen LogP contribution in [0.15, 0.2) is 54.6 Å². The van der Waals surface area contributed by atoms with Crippen molar-refractivity contribution in [3.05, 3.63) is 71.3 Å². The Morgan fingerprint density at radius 2 is 1.93 bits per heavy atom. The zero-order valence-corrected chi connectivity index (χ0v) is 16.3. The molecular formula is C23H25N3O2. The number of hydrogen-bond donors (Lipinski definition) is 2. The maximum absolute atomic E-state index is 12.7. The van der Waals surface area contributed by atoms with Crippen molar-refractivity contribution in [2.75, 3.05) is 25.0 Å². The molecule has 2 aromatic carbocycles. The van der Waals surface area contributed by atoms with Crippen LogP contribution in [0.4, 0.5) is 5.82 Å². The molecule has 1 aromatic heterocycles. The fraction of sp³-hybridized carbons (Fsp3) is 0.304. The number of nitrogens with zero attached hydrogens (tertiary/aromatic N) is 2. The Kier molecular flexibility index (Phi) is 4.77. The van der Waals surface area contributed by atoms with Gasteiger partial charge in [0.2, 0.25) is 5.91 Å². The van der Waals surface area contributed by atoms with E-state index in [2.05, 4.69) is 22.3 Å². The van der Waals surface area contributed by atoms with Gasteiger partial charge in [-0.2, -0.15) is 0 Å². The normalized spacial score (nSPS) is 15.3. The minimum absolute atomic E-state index is 0.0510. The zero-order valence-electron chi connectivity index (χ0n) is 16.3. The lowest BCUT2D eigenvalue weighted by atomic mass is 9.73. The number of carbonyl (C=O) groups is 1. The Morgan fingerprint density at radius 1 is 1.18 bits per heavy atom. The zero-order chi connectivity index (χ0) is 19.7. The second-order valence-corrected chi connectivity index (χ2v) is 7.65. The van der Waals surface area contributed by atoms with E-state index in [0.717, 1.165) is 33.4 Å². The minimum Gasteiger partial charge on any atom is -0.392 e. The van der Waals surface area contributed by atoms with E-state index in [1.54, 1.807) is 7.05 Å². The number of aromatic nitrogens is 1. The molecule has 1 aliphatic heterocycles. The summed E-state index contributed by atoms with van der Waals surface area (Å²) in [5.41, 5.74) is 3.50. The monoisotopic (exact) mass is 375 g/mol. The molecular weight excluding hydrogens is 350 g/mol. The van der Waals surface area contributed by atoms with Crippen LogP contribution in [0.1, 0.15) is 16.7 Å². The van der Waals surface area contributed by atoms with E-state index in [1.807, 2.05) is 49.4 Å². The Labute approximate surface area is 165 Å². The van der Waals surface area contributed by atoms with Crippen molar-refractivity contribution in [3.8, 4) is 0 Å². The van der Waals surface area contributed by atoms with Gasteiger partial charge in [0.15, 0.2) is 0 Å². The van der Waals surface area contributed by atoms with Crippen LogP contribution in [0.2, 0.25) is 0 Å². The molecule has 0 spiro atoms. The van der Waals surface area contributed by atoms with E-state index in [-0.39, 0.29) is 12.5 Å². The molecule has 1 saturated heterocycles. The molecule has 5 heteroatoms. The summed E-state index contributed by atoms with van der Waals surface area (Å²) < 4.78 is 0. The van der Waals surface area contributed by atoms with E-state index in [1.165, 1.54) is 0 Å². The Hall–Kier alpha value is -2.92. The Morgan fingerprint density at radius 3 is 2.61 bits per heavy atom. The third-order valence-electron chi connectivity index (χ3n) is 5.65. The van der Waals surface area contributed by atoms with E-state index < -0.39 is 5.41 Å². The van der Waals surface area contributed by atoms with Gasteiger partial charge < -0.3 is 15.3 Å². The largest absolute Gasteiger partial charge is 0.392 e. The number of amides is 1. The summed E-state index contributed by atoms with van der Waals surface area (Å²) >= 11 is 0. The quantitative estimate of drug-likeness (QED) is 0.720. The van der Waals surface area contributed by atoms with Crippen LogP contribution in [0.3, 0.4) is 0 Å². The van der Waals surface area contributed by atoms with E-state index in [9.17, 15) is 9.90 Å². The number of para-hydroxylation sites is 1. The van der Waals surface area contributed by atoms with E-state index in [4.69, 9.17) is 4.98 Å². The molecule has 28 heavy (non-hydrogen) atoms.